The third-order valence-corrected chi connectivity index (χ3v) is 7.98. The molecule has 7 nitrogen and oxygen atoms in total. The number of nitrogens with zero attached hydrogens (tertiary/aromatic N) is 4. The summed E-state index contributed by atoms with van der Waals surface area (Å²) in [6.07, 6.45) is 2.74. The summed E-state index contributed by atoms with van der Waals surface area (Å²) in [7, 11) is -1.33. The Morgan fingerprint density at radius 2 is 1.96 bits per heavy atom. The predicted molar refractivity (Wildman–Crippen MR) is 108 cm³/mol. The van der Waals surface area contributed by atoms with Crippen LogP contribution in [0.3, 0.4) is 0 Å². The van der Waals surface area contributed by atoms with Gasteiger partial charge in [-0.15, -0.1) is 5.10 Å². The van der Waals surface area contributed by atoms with Crippen LogP contribution in [0.2, 0.25) is 0 Å². The second kappa shape index (κ2) is 7.51. The van der Waals surface area contributed by atoms with Crippen molar-refractivity contribution in [3.05, 3.63) is 36.2 Å². The largest absolute Gasteiger partial charge is 0.341 e. The molecule has 2 fully saturated rings. The molecule has 0 N–H and O–H groups in total. The fourth-order valence-electron chi connectivity index (χ4n) is 3.48. The first-order valence-corrected chi connectivity index (χ1v) is 12.2. The van der Waals surface area contributed by atoms with Crippen LogP contribution in [-0.4, -0.2) is 63.8 Å². The van der Waals surface area contributed by atoms with Crippen molar-refractivity contribution in [2.75, 3.05) is 18.6 Å². The molecular formula is C19H24N4O3S2. The lowest BCUT2D eigenvalue weighted by Gasteiger charge is -2.25. The third-order valence-electron chi connectivity index (χ3n) is 5.29. The Kier molecular flexibility index (Phi) is 5.22. The van der Waals surface area contributed by atoms with Gasteiger partial charge in [0.15, 0.2) is 9.84 Å². The van der Waals surface area contributed by atoms with Crippen molar-refractivity contribution in [1.29, 1.82) is 0 Å². The Balaban J connectivity index is 1.48. The van der Waals surface area contributed by atoms with E-state index in [1.54, 1.807) is 11.9 Å². The number of carbonyl (C=O) groups excluding carboxylic acids is 1. The van der Waals surface area contributed by atoms with Crippen LogP contribution in [0.4, 0.5) is 0 Å². The van der Waals surface area contributed by atoms with Gasteiger partial charge in [-0.2, -0.15) is 0 Å². The van der Waals surface area contributed by atoms with Crippen molar-refractivity contribution in [3.8, 4) is 5.69 Å². The molecule has 0 radical (unpaired) electrons. The fraction of sp³-hybridized carbons (Fsp3) is 0.526. The highest BCUT2D eigenvalue weighted by atomic mass is 32.2. The first-order valence-electron chi connectivity index (χ1n) is 9.50. The molecular weight excluding hydrogens is 396 g/mol. The average molecular weight is 421 g/mol. The number of para-hydroxylation sites is 1. The minimum atomic E-state index is -3.02. The monoisotopic (exact) mass is 420 g/mol. The van der Waals surface area contributed by atoms with Crippen molar-refractivity contribution in [2.24, 2.45) is 0 Å². The lowest BCUT2D eigenvalue weighted by molar-refractivity contribution is -0.130. The fourth-order valence-corrected chi connectivity index (χ4v) is 6.11. The zero-order chi connectivity index (χ0) is 19.9. The average Bonchev–Trinajstić information content (AvgIpc) is 3.34. The molecule has 2 aliphatic rings. The molecule has 1 saturated heterocycles. The van der Waals surface area contributed by atoms with Crippen molar-refractivity contribution in [2.45, 2.75) is 48.6 Å². The minimum absolute atomic E-state index is 0.0549. The van der Waals surface area contributed by atoms with Crippen LogP contribution < -0.4 is 0 Å². The highest BCUT2D eigenvalue weighted by Gasteiger charge is 2.35. The van der Waals surface area contributed by atoms with Gasteiger partial charge < -0.3 is 4.90 Å². The smallest absolute Gasteiger partial charge is 0.235 e. The zero-order valence-corrected chi connectivity index (χ0v) is 17.6. The maximum Gasteiger partial charge on any atom is 0.235 e. The number of sulfone groups is 1. The van der Waals surface area contributed by atoms with E-state index in [1.807, 2.05) is 41.9 Å². The van der Waals surface area contributed by atoms with E-state index >= 15 is 0 Å². The van der Waals surface area contributed by atoms with Crippen LogP contribution in [0.25, 0.3) is 5.69 Å². The van der Waals surface area contributed by atoms with Crippen LogP contribution in [0, 0.1) is 0 Å². The second-order valence-electron chi connectivity index (χ2n) is 7.54. The molecule has 2 aromatic rings. The van der Waals surface area contributed by atoms with Crippen LogP contribution in [-0.2, 0) is 14.6 Å². The molecule has 0 bridgehead atoms. The molecule has 2 unspecified atom stereocenters. The third kappa shape index (κ3) is 4.10. The Hall–Kier alpha value is -1.87. The lowest BCUT2D eigenvalue weighted by atomic mass is 10.2. The van der Waals surface area contributed by atoms with Gasteiger partial charge >= 0.3 is 0 Å². The van der Waals surface area contributed by atoms with Gasteiger partial charge in [0.25, 0.3) is 0 Å². The molecule has 150 valence electrons. The molecule has 9 heteroatoms. The van der Waals surface area contributed by atoms with E-state index in [0.29, 0.717) is 17.5 Å². The van der Waals surface area contributed by atoms with Crippen LogP contribution >= 0.6 is 11.8 Å². The number of hydrogen-bond acceptors (Lipinski definition) is 6. The van der Waals surface area contributed by atoms with E-state index < -0.39 is 9.84 Å². The van der Waals surface area contributed by atoms with Gasteiger partial charge in [0.2, 0.25) is 11.1 Å². The molecule has 1 aromatic heterocycles. The van der Waals surface area contributed by atoms with Crippen LogP contribution in [0.1, 0.15) is 37.9 Å². The number of hydrogen-bond donors (Lipinski definition) is 0. The molecule has 1 aliphatic carbocycles. The Labute approximate surface area is 169 Å². The van der Waals surface area contributed by atoms with Gasteiger partial charge in [0.1, 0.15) is 5.82 Å². The first kappa shape index (κ1) is 19.4. The van der Waals surface area contributed by atoms with E-state index in [4.69, 9.17) is 4.98 Å². The van der Waals surface area contributed by atoms with E-state index in [0.717, 1.165) is 24.4 Å². The van der Waals surface area contributed by atoms with Crippen molar-refractivity contribution in [1.82, 2.24) is 19.7 Å². The van der Waals surface area contributed by atoms with Gasteiger partial charge in [-0.05, 0) is 38.3 Å². The summed E-state index contributed by atoms with van der Waals surface area (Å²) in [6, 6.07) is 9.66. The first-order chi connectivity index (χ1) is 13.3. The number of carbonyl (C=O) groups is 1. The van der Waals surface area contributed by atoms with Crippen molar-refractivity contribution >= 4 is 27.5 Å². The van der Waals surface area contributed by atoms with E-state index in [2.05, 4.69) is 5.10 Å². The zero-order valence-electron chi connectivity index (χ0n) is 16.0. The molecule has 1 aromatic carbocycles. The number of thioether (sulfide) groups is 1. The summed E-state index contributed by atoms with van der Waals surface area (Å²) in [6.45, 7) is 1.83. The van der Waals surface area contributed by atoms with E-state index in [-0.39, 0.29) is 28.7 Å². The number of amides is 1. The standard InChI is InChI=1S/C19H24N4O3S2/c1-13(18(24)22(2)16-10-11-28(25,26)12-16)27-19-20-17(14-8-9-14)23(21-19)15-6-4-3-5-7-15/h3-7,13-14,16H,8-12H2,1-2H3. The summed E-state index contributed by atoms with van der Waals surface area (Å²) >= 11 is 1.33. The molecule has 1 amide bonds. The number of aromatic nitrogens is 3. The van der Waals surface area contributed by atoms with Crippen LogP contribution in [0.15, 0.2) is 35.5 Å². The Morgan fingerprint density at radius 3 is 2.57 bits per heavy atom. The van der Waals surface area contributed by atoms with Crippen molar-refractivity contribution < 1.29 is 13.2 Å². The molecule has 28 heavy (non-hydrogen) atoms. The van der Waals surface area contributed by atoms with Crippen LogP contribution in [0.5, 0.6) is 0 Å². The van der Waals surface area contributed by atoms with E-state index in [9.17, 15) is 13.2 Å². The molecule has 2 heterocycles. The topological polar surface area (TPSA) is 85.2 Å². The number of benzene rings is 1. The van der Waals surface area contributed by atoms with Gasteiger partial charge in [-0.3, -0.25) is 4.79 Å². The predicted octanol–water partition coefficient (Wildman–Crippen LogP) is 2.27. The highest BCUT2D eigenvalue weighted by molar-refractivity contribution is 8.00. The summed E-state index contributed by atoms with van der Waals surface area (Å²) in [5.74, 6) is 1.50. The van der Waals surface area contributed by atoms with Gasteiger partial charge in [-0.1, -0.05) is 30.0 Å². The van der Waals surface area contributed by atoms with Gasteiger partial charge in [0, 0.05) is 19.0 Å². The summed E-state index contributed by atoms with van der Waals surface area (Å²) < 4.78 is 25.3. The normalized spacial score (nSPS) is 22.1. The molecule has 0 spiro atoms. The molecule has 1 aliphatic heterocycles. The molecule has 4 rings (SSSR count). The Morgan fingerprint density at radius 1 is 1.25 bits per heavy atom. The minimum Gasteiger partial charge on any atom is -0.341 e. The number of rotatable bonds is 6. The van der Waals surface area contributed by atoms with Gasteiger partial charge in [-0.25, -0.2) is 18.1 Å². The Bertz CT molecular complexity index is 970. The quantitative estimate of drug-likeness (QED) is 0.667. The van der Waals surface area contributed by atoms with Gasteiger partial charge in [0.05, 0.1) is 22.4 Å². The lowest BCUT2D eigenvalue weighted by Crippen LogP contribution is -2.41. The summed E-state index contributed by atoms with van der Waals surface area (Å²) in [4.78, 5) is 19.1. The maximum absolute atomic E-state index is 12.8. The highest BCUT2D eigenvalue weighted by Crippen LogP contribution is 2.40. The second-order valence-corrected chi connectivity index (χ2v) is 11.1. The molecule has 1 saturated carbocycles. The maximum atomic E-state index is 12.8. The molecule has 2 atom stereocenters. The summed E-state index contributed by atoms with van der Waals surface area (Å²) in [5, 5.41) is 4.85. The van der Waals surface area contributed by atoms with E-state index in [1.165, 1.54) is 11.8 Å². The van der Waals surface area contributed by atoms with Crippen molar-refractivity contribution in [3.63, 3.8) is 0 Å². The SMILES string of the molecule is CC(Sc1nc(C2CC2)n(-c2ccccc2)n1)C(=O)N(C)C1CCS(=O)(=O)C1. The summed E-state index contributed by atoms with van der Waals surface area (Å²) in [5.41, 5.74) is 0.969.